The van der Waals surface area contributed by atoms with Gasteiger partial charge in [0.15, 0.2) is 9.84 Å². The van der Waals surface area contributed by atoms with Gasteiger partial charge in [0.25, 0.3) is 0 Å². The Morgan fingerprint density at radius 1 is 1.00 bits per heavy atom. The smallest absolute Gasteiger partial charge is 0.181 e. The van der Waals surface area contributed by atoms with Gasteiger partial charge in [0.1, 0.15) is 11.5 Å². The van der Waals surface area contributed by atoms with Crippen molar-refractivity contribution in [1.29, 1.82) is 0 Å². The molecule has 0 saturated carbocycles. The van der Waals surface area contributed by atoms with Crippen molar-refractivity contribution >= 4 is 9.84 Å². The third-order valence-electron chi connectivity index (χ3n) is 2.97. The number of hydrogen-bond donors (Lipinski definition) is 0. The van der Waals surface area contributed by atoms with Crippen LogP contribution in [0.25, 0.3) is 0 Å². The van der Waals surface area contributed by atoms with Crippen molar-refractivity contribution in [2.45, 2.75) is 11.0 Å². The molecule has 5 heteroatoms. The van der Waals surface area contributed by atoms with Crippen LogP contribution in [0, 0.1) is 0 Å². The fourth-order valence-electron chi connectivity index (χ4n) is 1.84. The summed E-state index contributed by atoms with van der Waals surface area (Å²) in [6.45, 7) is 0.536. The van der Waals surface area contributed by atoms with Gasteiger partial charge < -0.3 is 9.47 Å². The van der Waals surface area contributed by atoms with Crippen molar-refractivity contribution in [3.8, 4) is 11.5 Å². The number of sulfone groups is 1. The molecule has 1 fully saturated rings. The monoisotopic (exact) mass is 290 g/mol. The van der Waals surface area contributed by atoms with Gasteiger partial charge in [-0.15, -0.1) is 0 Å². The van der Waals surface area contributed by atoms with E-state index in [1.54, 1.807) is 24.3 Å². The van der Waals surface area contributed by atoms with Crippen molar-refractivity contribution in [1.82, 2.24) is 0 Å². The molecule has 0 aliphatic carbocycles. The zero-order chi connectivity index (χ0) is 14.0. The van der Waals surface area contributed by atoms with Gasteiger partial charge in [0.05, 0.1) is 23.4 Å². The Bertz CT molecular complexity index is 674. The lowest BCUT2D eigenvalue weighted by atomic mass is 10.3. The Balaban J connectivity index is 1.74. The maximum absolute atomic E-state index is 12.0. The molecule has 0 spiro atoms. The van der Waals surface area contributed by atoms with E-state index in [1.807, 2.05) is 30.3 Å². The van der Waals surface area contributed by atoms with Crippen LogP contribution in [0.5, 0.6) is 11.5 Å². The lowest BCUT2D eigenvalue weighted by molar-refractivity contribution is 0.422. The number of ether oxygens (including phenoxy) is 2. The van der Waals surface area contributed by atoms with Crippen LogP contribution < -0.4 is 4.74 Å². The molecule has 1 heterocycles. The zero-order valence-electron chi connectivity index (χ0n) is 10.7. The summed E-state index contributed by atoms with van der Waals surface area (Å²) in [6, 6.07) is 15.8. The summed E-state index contributed by atoms with van der Waals surface area (Å²) in [7, 11) is -3.27. The number of epoxide rings is 1. The van der Waals surface area contributed by atoms with Crippen LogP contribution in [0.15, 0.2) is 59.5 Å². The van der Waals surface area contributed by atoms with Crippen LogP contribution >= 0.6 is 0 Å². The average Bonchev–Trinajstić information content (AvgIpc) is 3.24. The quantitative estimate of drug-likeness (QED) is 0.794. The topological polar surface area (TPSA) is 55.9 Å². The molecule has 1 atom stereocenters. The molecule has 1 aliphatic rings. The summed E-state index contributed by atoms with van der Waals surface area (Å²) in [5, 5.41) is 0. The molecular formula is C15H14O4S. The van der Waals surface area contributed by atoms with Gasteiger partial charge in [-0.05, 0) is 36.4 Å². The summed E-state index contributed by atoms with van der Waals surface area (Å²) in [5.74, 6) is 1.37. The Morgan fingerprint density at radius 3 is 2.20 bits per heavy atom. The molecule has 0 amide bonds. The van der Waals surface area contributed by atoms with E-state index >= 15 is 0 Å². The van der Waals surface area contributed by atoms with E-state index in [0.717, 1.165) is 5.75 Å². The van der Waals surface area contributed by atoms with Crippen LogP contribution in [0.1, 0.15) is 0 Å². The van der Waals surface area contributed by atoms with E-state index in [2.05, 4.69) is 0 Å². The predicted octanol–water partition coefficient (Wildman–Crippen LogP) is 2.65. The standard InChI is InChI=1S/C15H14O4S/c16-20(17,11-14-10-18-14)15-8-6-13(7-9-15)19-12-4-2-1-3-5-12/h1-9,14H,10-11H2/t14-/m0/s1. The highest BCUT2D eigenvalue weighted by Gasteiger charge is 2.30. The third-order valence-corrected chi connectivity index (χ3v) is 4.77. The minimum absolute atomic E-state index is 0.0475. The molecule has 20 heavy (non-hydrogen) atoms. The van der Waals surface area contributed by atoms with Crippen molar-refractivity contribution in [3.63, 3.8) is 0 Å². The first-order chi connectivity index (χ1) is 9.63. The second-order valence-electron chi connectivity index (χ2n) is 4.62. The highest BCUT2D eigenvalue weighted by atomic mass is 32.2. The van der Waals surface area contributed by atoms with E-state index in [-0.39, 0.29) is 11.9 Å². The molecule has 2 aromatic rings. The van der Waals surface area contributed by atoms with Crippen LogP contribution in [-0.2, 0) is 14.6 Å². The molecule has 2 aromatic carbocycles. The van der Waals surface area contributed by atoms with Gasteiger partial charge in [-0.25, -0.2) is 8.42 Å². The van der Waals surface area contributed by atoms with E-state index in [1.165, 1.54) is 0 Å². The minimum Gasteiger partial charge on any atom is -0.457 e. The minimum atomic E-state index is -3.27. The van der Waals surface area contributed by atoms with Crippen molar-refractivity contribution < 1.29 is 17.9 Å². The summed E-state index contributed by atoms with van der Waals surface area (Å²) in [4.78, 5) is 0.299. The maximum atomic E-state index is 12.0. The fraction of sp³-hybridized carbons (Fsp3) is 0.200. The third kappa shape index (κ3) is 3.18. The van der Waals surface area contributed by atoms with Crippen LogP contribution in [0.2, 0.25) is 0 Å². The van der Waals surface area contributed by atoms with E-state index in [9.17, 15) is 8.42 Å². The summed E-state index contributed by atoms with van der Waals surface area (Å²) >= 11 is 0. The van der Waals surface area contributed by atoms with E-state index in [4.69, 9.17) is 9.47 Å². The Kier molecular flexibility index (Phi) is 3.46. The molecule has 0 bridgehead atoms. The van der Waals surface area contributed by atoms with Gasteiger partial charge in [-0.3, -0.25) is 0 Å². The Morgan fingerprint density at radius 2 is 1.60 bits per heavy atom. The van der Waals surface area contributed by atoms with Gasteiger partial charge in [-0.2, -0.15) is 0 Å². The molecule has 3 rings (SSSR count). The first-order valence-corrected chi connectivity index (χ1v) is 7.96. The van der Waals surface area contributed by atoms with Crippen molar-refractivity contribution in [3.05, 3.63) is 54.6 Å². The maximum Gasteiger partial charge on any atom is 0.181 e. The molecule has 1 saturated heterocycles. The number of hydrogen-bond acceptors (Lipinski definition) is 4. The molecule has 0 aromatic heterocycles. The zero-order valence-corrected chi connectivity index (χ0v) is 11.5. The predicted molar refractivity (Wildman–Crippen MR) is 74.8 cm³/mol. The molecular weight excluding hydrogens is 276 g/mol. The summed E-state index contributed by atoms with van der Waals surface area (Å²) in [6.07, 6.45) is -0.139. The van der Waals surface area contributed by atoms with E-state index in [0.29, 0.717) is 17.3 Å². The molecule has 1 aliphatic heterocycles. The highest BCUT2D eigenvalue weighted by molar-refractivity contribution is 7.91. The van der Waals surface area contributed by atoms with Gasteiger partial charge >= 0.3 is 0 Å². The summed E-state index contributed by atoms with van der Waals surface area (Å²) < 4.78 is 34.6. The van der Waals surface area contributed by atoms with Crippen LogP contribution in [0.4, 0.5) is 0 Å². The second kappa shape index (κ2) is 5.26. The SMILES string of the molecule is O=S(=O)(C[C@@H]1CO1)c1ccc(Oc2ccccc2)cc1. The summed E-state index contributed by atoms with van der Waals surface area (Å²) in [5.41, 5.74) is 0. The molecule has 104 valence electrons. The first-order valence-electron chi connectivity index (χ1n) is 6.31. The molecule has 4 nitrogen and oxygen atoms in total. The van der Waals surface area contributed by atoms with E-state index < -0.39 is 9.84 Å². The van der Waals surface area contributed by atoms with Crippen molar-refractivity contribution in [2.24, 2.45) is 0 Å². The molecule has 0 unspecified atom stereocenters. The second-order valence-corrected chi connectivity index (χ2v) is 6.66. The molecule has 0 radical (unpaired) electrons. The number of para-hydroxylation sites is 1. The van der Waals surface area contributed by atoms with Gasteiger partial charge in [0, 0.05) is 0 Å². The number of rotatable bonds is 5. The Labute approximate surface area is 117 Å². The Hall–Kier alpha value is -1.85. The van der Waals surface area contributed by atoms with Gasteiger partial charge in [0.2, 0.25) is 0 Å². The number of benzene rings is 2. The lowest BCUT2D eigenvalue weighted by Gasteiger charge is -2.07. The van der Waals surface area contributed by atoms with Crippen LogP contribution in [-0.4, -0.2) is 26.9 Å². The average molecular weight is 290 g/mol. The van der Waals surface area contributed by atoms with Crippen molar-refractivity contribution in [2.75, 3.05) is 12.4 Å². The lowest BCUT2D eigenvalue weighted by Crippen LogP contribution is -2.11. The largest absolute Gasteiger partial charge is 0.457 e. The normalized spacial score (nSPS) is 17.7. The highest BCUT2D eigenvalue weighted by Crippen LogP contribution is 2.24. The molecule has 0 N–H and O–H groups in total. The van der Waals surface area contributed by atoms with Crippen LogP contribution in [0.3, 0.4) is 0 Å². The fourth-order valence-corrected chi connectivity index (χ4v) is 3.27. The first kappa shape index (κ1) is 13.1. The van der Waals surface area contributed by atoms with Gasteiger partial charge in [-0.1, -0.05) is 18.2 Å².